The summed E-state index contributed by atoms with van der Waals surface area (Å²) in [7, 11) is 0. The zero-order valence-corrected chi connectivity index (χ0v) is 11.1. The molecule has 0 aliphatic heterocycles. The Morgan fingerprint density at radius 3 is 2.81 bits per heavy atom. The second-order valence-electron chi connectivity index (χ2n) is 3.13. The summed E-state index contributed by atoms with van der Waals surface area (Å²) in [5.74, 6) is -0.857. The van der Waals surface area contributed by atoms with Crippen molar-refractivity contribution in [2.45, 2.75) is 19.4 Å². The lowest BCUT2D eigenvalue weighted by atomic mass is 10.2. The van der Waals surface area contributed by atoms with Crippen molar-refractivity contribution in [1.82, 2.24) is 0 Å². The monoisotopic (exact) mass is 310 g/mol. The number of nitrogens with one attached hydrogen (secondary N) is 1. The lowest BCUT2D eigenvalue weighted by Gasteiger charge is -2.10. The number of anilines is 1. The summed E-state index contributed by atoms with van der Waals surface area (Å²) in [6.07, 6.45) is 0.515. The van der Waals surface area contributed by atoms with Crippen molar-refractivity contribution in [1.29, 1.82) is 0 Å². The Labute approximate surface area is 108 Å². The number of hydrogen-bond acceptors (Lipinski definition) is 2. The summed E-state index contributed by atoms with van der Waals surface area (Å²) < 4.78 is 13.9. The maximum Gasteiger partial charge on any atom is 0.241 e. The van der Waals surface area contributed by atoms with Crippen molar-refractivity contribution >= 4 is 39.9 Å². The van der Waals surface area contributed by atoms with E-state index >= 15 is 0 Å². The maximum atomic E-state index is 13.2. The van der Waals surface area contributed by atoms with Crippen molar-refractivity contribution in [3.05, 3.63) is 28.5 Å². The van der Waals surface area contributed by atoms with Gasteiger partial charge in [-0.25, -0.2) is 4.39 Å². The fourth-order valence-electron chi connectivity index (χ4n) is 1.00. The molecule has 0 bridgehead atoms. The van der Waals surface area contributed by atoms with Crippen LogP contribution < -0.4 is 11.1 Å². The third kappa shape index (κ3) is 4.08. The average molecular weight is 312 g/mol. The van der Waals surface area contributed by atoms with Crippen molar-refractivity contribution in [3.8, 4) is 0 Å². The summed E-state index contributed by atoms with van der Waals surface area (Å²) in [5.41, 5.74) is 5.64. The van der Waals surface area contributed by atoms with Crippen LogP contribution in [0.1, 0.15) is 13.3 Å². The molecule has 3 N–H and O–H groups in total. The first-order valence-electron chi connectivity index (χ1n) is 4.56. The molecule has 0 fully saturated rings. The van der Waals surface area contributed by atoms with E-state index in [0.29, 0.717) is 10.9 Å². The van der Waals surface area contributed by atoms with Crippen molar-refractivity contribution < 1.29 is 9.18 Å². The maximum absolute atomic E-state index is 13.2. The molecule has 1 aromatic carbocycles. The predicted octanol–water partition coefficient (Wildman–Crippen LogP) is 2.69. The van der Waals surface area contributed by atoms with Crippen LogP contribution in [0.25, 0.3) is 0 Å². The Hall–Kier alpha value is -0.650. The fourth-order valence-corrected chi connectivity index (χ4v) is 1.37. The molecule has 0 aromatic heterocycles. The van der Waals surface area contributed by atoms with Gasteiger partial charge in [-0.2, -0.15) is 0 Å². The van der Waals surface area contributed by atoms with Crippen molar-refractivity contribution in [2.24, 2.45) is 5.73 Å². The summed E-state index contributed by atoms with van der Waals surface area (Å²) in [5, 5.41) is 2.43. The van der Waals surface area contributed by atoms with E-state index in [1.54, 1.807) is 13.0 Å². The molecule has 0 aliphatic carbocycles. The minimum atomic E-state index is -0.608. The molecule has 1 aromatic rings. The van der Waals surface area contributed by atoms with E-state index in [1.165, 1.54) is 12.1 Å². The molecule has 90 valence electrons. The van der Waals surface area contributed by atoms with E-state index in [9.17, 15) is 9.18 Å². The van der Waals surface area contributed by atoms with Crippen LogP contribution in [0.4, 0.5) is 10.1 Å². The molecule has 3 nitrogen and oxygen atoms in total. The summed E-state index contributed by atoms with van der Waals surface area (Å²) in [6.45, 7) is 1.79. The number of rotatable bonds is 3. The van der Waals surface area contributed by atoms with E-state index in [1.807, 2.05) is 0 Å². The number of benzene rings is 1. The van der Waals surface area contributed by atoms with Gasteiger partial charge in [-0.1, -0.05) is 22.9 Å². The van der Waals surface area contributed by atoms with Gasteiger partial charge in [0.2, 0.25) is 5.91 Å². The third-order valence-corrected chi connectivity index (χ3v) is 2.46. The predicted molar refractivity (Wildman–Crippen MR) is 68.2 cm³/mol. The second-order valence-corrected chi connectivity index (χ2v) is 4.04. The molecule has 1 rings (SSSR count). The Morgan fingerprint density at radius 1 is 1.62 bits per heavy atom. The molecule has 0 heterocycles. The van der Waals surface area contributed by atoms with Crippen LogP contribution in [0.15, 0.2) is 22.7 Å². The SMILES string of the molecule is CC[C@H](N)C(=O)Nc1cc(Br)ccc1F.Cl. The van der Waals surface area contributed by atoms with Crippen LogP contribution in [-0.2, 0) is 4.79 Å². The molecule has 0 saturated heterocycles. The number of carbonyl (C=O) groups is 1. The van der Waals surface area contributed by atoms with E-state index in [-0.39, 0.29) is 24.0 Å². The highest BCUT2D eigenvalue weighted by Gasteiger charge is 2.13. The van der Waals surface area contributed by atoms with Gasteiger partial charge in [-0.15, -0.1) is 12.4 Å². The van der Waals surface area contributed by atoms with Crippen LogP contribution in [-0.4, -0.2) is 11.9 Å². The zero-order chi connectivity index (χ0) is 11.4. The van der Waals surface area contributed by atoms with Crippen LogP contribution in [0.2, 0.25) is 0 Å². The standard InChI is InChI=1S/C10H12BrFN2O.ClH/c1-2-8(13)10(15)14-9-5-6(11)3-4-7(9)12;/h3-5,8H,2,13H2,1H3,(H,14,15);1H/t8-;/m0./s1. The third-order valence-electron chi connectivity index (χ3n) is 1.96. The highest BCUT2D eigenvalue weighted by molar-refractivity contribution is 9.10. The average Bonchev–Trinajstić information content (AvgIpc) is 2.22. The molecule has 0 radical (unpaired) electrons. The van der Waals surface area contributed by atoms with Gasteiger partial charge in [0.05, 0.1) is 11.7 Å². The van der Waals surface area contributed by atoms with Gasteiger partial charge in [0.25, 0.3) is 0 Å². The largest absolute Gasteiger partial charge is 0.322 e. The quantitative estimate of drug-likeness (QED) is 0.902. The molecule has 0 saturated carbocycles. The molecule has 0 unspecified atom stereocenters. The molecule has 0 aliphatic rings. The highest BCUT2D eigenvalue weighted by Crippen LogP contribution is 2.20. The lowest BCUT2D eigenvalue weighted by molar-refractivity contribution is -0.117. The highest BCUT2D eigenvalue weighted by atomic mass is 79.9. The van der Waals surface area contributed by atoms with E-state index in [2.05, 4.69) is 21.2 Å². The number of amides is 1. The summed E-state index contributed by atoms with van der Waals surface area (Å²) in [4.78, 5) is 11.4. The minimum Gasteiger partial charge on any atom is -0.322 e. The van der Waals surface area contributed by atoms with Crippen LogP contribution in [0.5, 0.6) is 0 Å². The molecule has 1 amide bonds. The smallest absolute Gasteiger partial charge is 0.241 e. The molecule has 1 atom stereocenters. The van der Waals surface area contributed by atoms with E-state index in [4.69, 9.17) is 5.73 Å². The fraction of sp³-hybridized carbons (Fsp3) is 0.300. The first kappa shape index (κ1) is 15.3. The van der Waals surface area contributed by atoms with Crippen LogP contribution >= 0.6 is 28.3 Å². The van der Waals surface area contributed by atoms with Gasteiger partial charge >= 0.3 is 0 Å². The summed E-state index contributed by atoms with van der Waals surface area (Å²) >= 11 is 3.19. The van der Waals surface area contributed by atoms with Gasteiger partial charge in [0, 0.05) is 4.47 Å². The first-order valence-corrected chi connectivity index (χ1v) is 5.35. The lowest BCUT2D eigenvalue weighted by Crippen LogP contribution is -2.35. The topological polar surface area (TPSA) is 55.1 Å². The second kappa shape index (κ2) is 6.83. The number of carbonyl (C=O) groups excluding carboxylic acids is 1. The van der Waals surface area contributed by atoms with Gasteiger partial charge in [0.15, 0.2) is 0 Å². The van der Waals surface area contributed by atoms with Crippen molar-refractivity contribution in [3.63, 3.8) is 0 Å². The number of nitrogens with two attached hydrogens (primary N) is 1. The molecular formula is C10H13BrClFN2O. The molecule has 6 heteroatoms. The molecule has 16 heavy (non-hydrogen) atoms. The first-order chi connectivity index (χ1) is 7.04. The van der Waals surface area contributed by atoms with Crippen molar-refractivity contribution in [2.75, 3.05) is 5.32 Å². The Bertz CT molecular complexity index is 376. The Morgan fingerprint density at radius 2 is 2.25 bits per heavy atom. The van der Waals surface area contributed by atoms with Gasteiger partial charge in [-0.3, -0.25) is 4.79 Å². The van der Waals surface area contributed by atoms with E-state index in [0.717, 1.165) is 0 Å². The normalized spacial score (nSPS) is 11.5. The van der Waals surface area contributed by atoms with Gasteiger partial charge in [0.1, 0.15) is 5.82 Å². The summed E-state index contributed by atoms with van der Waals surface area (Å²) in [6, 6.07) is 3.72. The zero-order valence-electron chi connectivity index (χ0n) is 8.67. The number of halogens is 3. The molecular weight excluding hydrogens is 298 g/mol. The number of hydrogen-bond donors (Lipinski definition) is 2. The Balaban J connectivity index is 0.00000225. The Kier molecular flexibility index (Phi) is 6.55. The molecule has 0 spiro atoms. The van der Waals surface area contributed by atoms with Crippen LogP contribution in [0, 0.1) is 5.82 Å². The van der Waals surface area contributed by atoms with E-state index < -0.39 is 11.9 Å². The van der Waals surface area contributed by atoms with Gasteiger partial charge in [-0.05, 0) is 24.6 Å². The minimum absolute atomic E-state index is 0. The van der Waals surface area contributed by atoms with Crippen LogP contribution in [0.3, 0.4) is 0 Å². The van der Waals surface area contributed by atoms with Gasteiger partial charge < -0.3 is 11.1 Å².